The van der Waals surface area contributed by atoms with Crippen LogP contribution in [0.15, 0.2) is 18.3 Å². The Balaban J connectivity index is 2.25. The van der Waals surface area contributed by atoms with E-state index in [-0.39, 0.29) is 11.6 Å². The predicted octanol–water partition coefficient (Wildman–Crippen LogP) is 1.70. The number of hydrogen-bond acceptors (Lipinski definition) is 2. The van der Waals surface area contributed by atoms with Crippen molar-refractivity contribution in [1.29, 1.82) is 0 Å². The van der Waals surface area contributed by atoms with Crippen molar-refractivity contribution in [2.45, 2.75) is 26.3 Å². The summed E-state index contributed by atoms with van der Waals surface area (Å²) < 4.78 is 0. The predicted molar refractivity (Wildman–Crippen MR) is 58.9 cm³/mol. The van der Waals surface area contributed by atoms with Crippen LogP contribution in [0.25, 0.3) is 0 Å². The second-order valence-electron chi connectivity index (χ2n) is 4.59. The van der Waals surface area contributed by atoms with Crippen LogP contribution in [0.5, 0.6) is 0 Å². The molecule has 1 aliphatic rings. The molecule has 1 aliphatic heterocycles. The summed E-state index contributed by atoms with van der Waals surface area (Å²) in [6.07, 6.45) is 1.77. The molecule has 2 rings (SSSR count). The van der Waals surface area contributed by atoms with Crippen LogP contribution in [0.1, 0.15) is 19.4 Å². The van der Waals surface area contributed by atoms with E-state index in [0.29, 0.717) is 12.4 Å². The molecule has 1 N–H and O–H groups in total. The summed E-state index contributed by atoms with van der Waals surface area (Å²) in [5.41, 5.74) is 0.918. The quantitative estimate of drug-likeness (QED) is 0.758. The third-order valence-corrected chi connectivity index (χ3v) is 2.42. The topological polar surface area (TPSA) is 45.2 Å². The fraction of sp³-hybridized carbons (Fsp3) is 0.455. The van der Waals surface area contributed by atoms with Crippen LogP contribution in [0.2, 0.25) is 0 Å². The highest BCUT2D eigenvalue weighted by atomic mass is 16.2. The van der Waals surface area contributed by atoms with Crippen molar-refractivity contribution in [3.05, 3.63) is 23.9 Å². The molecule has 0 aliphatic carbocycles. The number of carbonyl (C=O) groups excluding carboxylic acids is 1. The standard InChI is InChI=1S/C11H15N3O/c1-8-4-5-9(12-6-8)14-7-11(2,3)13-10(14)15/h4-6H,7H2,1-3H3,(H,13,15). The van der Waals surface area contributed by atoms with Gasteiger partial charge in [-0.25, -0.2) is 9.78 Å². The van der Waals surface area contributed by atoms with Gasteiger partial charge in [0.25, 0.3) is 0 Å². The minimum atomic E-state index is -0.177. The Kier molecular flexibility index (Phi) is 2.14. The lowest BCUT2D eigenvalue weighted by Crippen LogP contribution is -2.36. The summed E-state index contributed by atoms with van der Waals surface area (Å²) in [5.74, 6) is 0.712. The Morgan fingerprint density at radius 1 is 1.47 bits per heavy atom. The molecular weight excluding hydrogens is 190 g/mol. The summed E-state index contributed by atoms with van der Waals surface area (Å²) in [4.78, 5) is 17.6. The highest BCUT2D eigenvalue weighted by molar-refractivity contribution is 5.94. The monoisotopic (exact) mass is 205 g/mol. The summed E-state index contributed by atoms with van der Waals surface area (Å²) in [6.45, 7) is 6.63. The van der Waals surface area contributed by atoms with E-state index in [1.165, 1.54) is 0 Å². The van der Waals surface area contributed by atoms with E-state index < -0.39 is 0 Å². The Labute approximate surface area is 89.3 Å². The van der Waals surface area contributed by atoms with E-state index in [9.17, 15) is 4.79 Å². The van der Waals surface area contributed by atoms with Crippen molar-refractivity contribution in [2.75, 3.05) is 11.4 Å². The molecule has 2 heterocycles. The van der Waals surface area contributed by atoms with Gasteiger partial charge in [0.15, 0.2) is 0 Å². The number of amides is 2. The maximum Gasteiger partial charge on any atom is 0.323 e. The molecule has 1 fully saturated rings. The molecule has 1 aromatic heterocycles. The van der Waals surface area contributed by atoms with E-state index in [1.807, 2.05) is 32.9 Å². The summed E-state index contributed by atoms with van der Waals surface area (Å²) >= 11 is 0. The normalized spacial score (nSPS) is 19.1. The van der Waals surface area contributed by atoms with E-state index >= 15 is 0 Å². The van der Waals surface area contributed by atoms with Crippen molar-refractivity contribution >= 4 is 11.8 Å². The van der Waals surface area contributed by atoms with Crippen molar-refractivity contribution in [3.8, 4) is 0 Å². The van der Waals surface area contributed by atoms with Gasteiger partial charge in [-0.3, -0.25) is 4.90 Å². The van der Waals surface area contributed by atoms with Gasteiger partial charge in [-0.15, -0.1) is 0 Å². The third kappa shape index (κ3) is 1.93. The Morgan fingerprint density at radius 3 is 2.67 bits per heavy atom. The van der Waals surface area contributed by atoms with Gasteiger partial charge in [-0.2, -0.15) is 0 Å². The fourth-order valence-electron chi connectivity index (χ4n) is 1.67. The Hall–Kier alpha value is -1.58. The molecule has 0 saturated carbocycles. The maximum absolute atomic E-state index is 11.7. The highest BCUT2D eigenvalue weighted by Gasteiger charge is 2.35. The molecule has 4 heteroatoms. The van der Waals surface area contributed by atoms with Gasteiger partial charge in [0.2, 0.25) is 0 Å². The summed E-state index contributed by atoms with van der Waals surface area (Å²) in [6, 6.07) is 3.76. The van der Waals surface area contributed by atoms with Gasteiger partial charge in [0.1, 0.15) is 5.82 Å². The van der Waals surface area contributed by atoms with Crippen LogP contribution in [0.4, 0.5) is 10.6 Å². The van der Waals surface area contributed by atoms with E-state index in [0.717, 1.165) is 5.56 Å². The highest BCUT2D eigenvalue weighted by Crippen LogP contribution is 2.20. The van der Waals surface area contributed by atoms with E-state index in [4.69, 9.17) is 0 Å². The van der Waals surface area contributed by atoms with Gasteiger partial charge in [-0.05, 0) is 32.4 Å². The van der Waals surface area contributed by atoms with Crippen molar-refractivity contribution in [1.82, 2.24) is 10.3 Å². The molecule has 0 radical (unpaired) electrons. The molecule has 1 aromatic rings. The Morgan fingerprint density at radius 2 is 2.20 bits per heavy atom. The van der Waals surface area contributed by atoms with Gasteiger partial charge < -0.3 is 5.32 Å². The number of nitrogens with zero attached hydrogens (tertiary/aromatic N) is 2. The average molecular weight is 205 g/mol. The second-order valence-corrected chi connectivity index (χ2v) is 4.59. The second kappa shape index (κ2) is 3.22. The average Bonchev–Trinajstić information content (AvgIpc) is 2.41. The number of carbonyl (C=O) groups is 1. The number of aromatic nitrogens is 1. The van der Waals surface area contributed by atoms with Crippen LogP contribution >= 0.6 is 0 Å². The van der Waals surface area contributed by atoms with Crippen LogP contribution < -0.4 is 10.2 Å². The first-order valence-corrected chi connectivity index (χ1v) is 5.00. The number of rotatable bonds is 1. The van der Waals surface area contributed by atoms with Crippen molar-refractivity contribution in [3.63, 3.8) is 0 Å². The molecule has 0 spiro atoms. The number of nitrogens with one attached hydrogen (secondary N) is 1. The zero-order valence-corrected chi connectivity index (χ0v) is 9.24. The van der Waals surface area contributed by atoms with Crippen LogP contribution in [-0.4, -0.2) is 23.1 Å². The molecule has 0 bridgehead atoms. The zero-order chi connectivity index (χ0) is 11.1. The van der Waals surface area contributed by atoms with E-state index in [1.54, 1.807) is 11.1 Å². The molecule has 0 atom stereocenters. The number of aryl methyl sites for hydroxylation is 1. The summed E-state index contributed by atoms with van der Waals surface area (Å²) in [5, 5.41) is 2.90. The fourth-order valence-corrected chi connectivity index (χ4v) is 1.67. The van der Waals surface area contributed by atoms with Gasteiger partial charge >= 0.3 is 6.03 Å². The lowest BCUT2D eigenvalue weighted by molar-refractivity contribution is 0.248. The molecular formula is C11H15N3O. The molecule has 15 heavy (non-hydrogen) atoms. The van der Waals surface area contributed by atoms with Gasteiger partial charge in [0.05, 0.1) is 12.1 Å². The molecule has 0 unspecified atom stereocenters. The number of hydrogen-bond donors (Lipinski definition) is 1. The van der Waals surface area contributed by atoms with Gasteiger partial charge in [-0.1, -0.05) is 6.07 Å². The van der Waals surface area contributed by atoms with Crippen molar-refractivity contribution in [2.24, 2.45) is 0 Å². The minimum Gasteiger partial charge on any atom is -0.331 e. The lowest BCUT2D eigenvalue weighted by atomic mass is 10.1. The first-order valence-electron chi connectivity index (χ1n) is 5.00. The smallest absolute Gasteiger partial charge is 0.323 e. The molecule has 1 saturated heterocycles. The largest absolute Gasteiger partial charge is 0.331 e. The van der Waals surface area contributed by atoms with Gasteiger partial charge in [0, 0.05) is 6.20 Å². The van der Waals surface area contributed by atoms with Crippen molar-refractivity contribution < 1.29 is 4.79 Å². The number of urea groups is 1. The van der Waals surface area contributed by atoms with Crippen LogP contribution in [-0.2, 0) is 0 Å². The van der Waals surface area contributed by atoms with E-state index in [2.05, 4.69) is 10.3 Å². The minimum absolute atomic E-state index is 0.0728. The van der Waals surface area contributed by atoms with Crippen LogP contribution in [0, 0.1) is 6.92 Å². The third-order valence-electron chi connectivity index (χ3n) is 2.42. The zero-order valence-electron chi connectivity index (χ0n) is 9.24. The lowest BCUT2D eigenvalue weighted by Gasteiger charge is -2.17. The molecule has 80 valence electrons. The number of anilines is 1. The molecule has 4 nitrogen and oxygen atoms in total. The summed E-state index contributed by atoms with van der Waals surface area (Å²) in [7, 11) is 0. The first-order chi connectivity index (χ1) is 6.98. The first kappa shape index (κ1) is 9.96. The van der Waals surface area contributed by atoms with Crippen LogP contribution in [0.3, 0.4) is 0 Å². The SMILES string of the molecule is Cc1ccc(N2CC(C)(C)NC2=O)nc1. The number of pyridine rings is 1. The maximum atomic E-state index is 11.7. The Bertz CT molecular complexity index is 383. The molecule has 0 aromatic carbocycles. The molecule has 2 amide bonds.